The van der Waals surface area contributed by atoms with Crippen LogP contribution in [0.2, 0.25) is 0 Å². The molecule has 2 aliphatic heterocycles. The third-order valence-corrected chi connectivity index (χ3v) is 8.91. The Hall–Kier alpha value is -3.92. The molecule has 2 heterocycles. The van der Waals surface area contributed by atoms with Gasteiger partial charge in [-0.05, 0) is 121 Å². The molecule has 2 atom stereocenters. The molecule has 0 unspecified atom stereocenters. The summed E-state index contributed by atoms with van der Waals surface area (Å²) in [6.07, 6.45) is 12.7. The number of allylic oxidation sites excluding steroid dienone is 2. The maximum absolute atomic E-state index is 7.17. The number of ether oxygens (including phenoxy) is 3. The maximum atomic E-state index is 7.17. The van der Waals surface area contributed by atoms with Crippen LogP contribution in [0, 0.1) is 5.92 Å². The van der Waals surface area contributed by atoms with Crippen LogP contribution in [0.4, 0.5) is 5.69 Å². The van der Waals surface area contributed by atoms with Crippen molar-refractivity contribution in [2.24, 2.45) is 5.92 Å². The van der Waals surface area contributed by atoms with Crippen molar-refractivity contribution in [3.05, 3.63) is 106 Å². The van der Waals surface area contributed by atoms with Gasteiger partial charge in [-0.1, -0.05) is 36.4 Å². The van der Waals surface area contributed by atoms with E-state index in [1.54, 1.807) is 19.8 Å². The van der Waals surface area contributed by atoms with Gasteiger partial charge in [0.05, 0.1) is 19.9 Å². The van der Waals surface area contributed by atoms with Crippen LogP contribution in [0.25, 0.3) is 12.2 Å². The SMILES string of the molecule is COc1ccc(/C=C2/CCC[C@@H]3CC4=C(/C(=C/c5ccc(OC)cc5)CCC4)N4c5ccccc5O[C@@]234)cc1. The summed E-state index contributed by atoms with van der Waals surface area (Å²) in [6.45, 7) is 0. The van der Waals surface area contributed by atoms with Gasteiger partial charge in [-0.2, -0.15) is 0 Å². The second-order valence-electron chi connectivity index (χ2n) is 11.1. The highest BCUT2D eigenvalue weighted by molar-refractivity contribution is 5.78. The van der Waals surface area contributed by atoms with E-state index < -0.39 is 5.72 Å². The van der Waals surface area contributed by atoms with Crippen LogP contribution < -0.4 is 19.1 Å². The van der Waals surface area contributed by atoms with Crippen molar-refractivity contribution in [3.8, 4) is 17.2 Å². The zero-order valence-corrected chi connectivity index (χ0v) is 22.8. The van der Waals surface area contributed by atoms with Gasteiger partial charge in [0.15, 0.2) is 0 Å². The summed E-state index contributed by atoms with van der Waals surface area (Å²) in [5.74, 6) is 3.18. The van der Waals surface area contributed by atoms with Crippen LogP contribution in [0.3, 0.4) is 0 Å². The maximum Gasteiger partial charge on any atom is 0.213 e. The Labute approximate surface area is 231 Å². The van der Waals surface area contributed by atoms with E-state index in [4.69, 9.17) is 14.2 Å². The molecule has 4 heteroatoms. The molecule has 0 saturated heterocycles. The molecule has 0 bridgehead atoms. The number of nitrogens with zero attached hydrogens (tertiary/aromatic N) is 1. The van der Waals surface area contributed by atoms with Crippen molar-refractivity contribution in [2.75, 3.05) is 19.1 Å². The van der Waals surface area contributed by atoms with E-state index in [-0.39, 0.29) is 0 Å². The average molecular weight is 518 g/mol. The van der Waals surface area contributed by atoms with Gasteiger partial charge in [-0.3, -0.25) is 4.90 Å². The van der Waals surface area contributed by atoms with E-state index in [9.17, 15) is 0 Å². The summed E-state index contributed by atoms with van der Waals surface area (Å²) < 4.78 is 18.0. The van der Waals surface area contributed by atoms with Crippen molar-refractivity contribution in [2.45, 2.75) is 50.7 Å². The molecule has 0 N–H and O–H groups in total. The normalized spacial score (nSPS) is 25.5. The number of anilines is 1. The number of methoxy groups -OCH3 is 2. The molecule has 1 fully saturated rings. The Kier molecular flexibility index (Phi) is 5.99. The molecule has 7 rings (SSSR count). The molecule has 2 aliphatic carbocycles. The third kappa shape index (κ3) is 3.96. The monoisotopic (exact) mass is 517 g/mol. The van der Waals surface area contributed by atoms with Crippen LogP contribution in [0.15, 0.2) is 95.2 Å². The minimum absolute atomic E-state index is 0.419. The Morgan fingerprint density at radius 3 is 2.21 bits per heavy atom. The zero-order valence-electron chi connectivity index (χ0n) is 22.8. The van der Waals surface area contributed by atoms with Gasteiger partial charge < -0.3 is 14.2 Å². The molecule has 0 radical (unpaired) electrons. The zero-order chi connectivity index (χ0) is 26.4. The lowest BCUT2D eigenvalue weighted by Gasteiger charge is -2.53. The van der Waals surface area contributed by atoms with E-state index in [0.717, 1.165) is 42.9 Å². The fraction of sp³-hybridized carbons (Fsp3) is 0.314. The highest BCUT2D eigenvalue weighted by Crippen LogP contribution is 2.61. The largest absolute Gasteiger partial charge is 0.497 e. The lowest BCUT2D eigenvalue weighted by molar-refractivity contribution is 0.0353. The Balaban J connectivity index is 1.39. The molecule has 1 saturated carbocycles. The van der Waals surface area contributed by atoms with Gasteiger partial charge in [-0.25, -0.2) is 0 Å². The van der Waals surface area contributed by atoms with Crippen molar-refractivity contribution in [1.29, 1.82) is 0 Å². The number of fused-ring (bicyclic) bond motifs is 3. The number of benzene rings is 3. The van der Waals surface area contributed by atoms with E-state index in [0.29, 0.717) is 5.92 Å². The number of hydrogen-bond donors (Lipinski definition) is 0. The molecule has 3 aromatic rings. The molecule has 3 aromatic carbocycles. The van der Waals surface area contributed by atoms with Crippen LogP contribution in [-0.2, 0) is 0 Å². The van der Waals surface area contributed by atoms with Gasteiger partial charge >= 0.3 is 0 Å². The summed E-state index contributed by atoms with van der Waals surface area (Å²) in [7, 11) is 3.43. The molecule has 198 valence electrons. The summed E-state index contributed by atoms with van der Waals surface area (Å²) in [4.78, 5) is 2.61. The summed E-state index contributed by atoms with van der Waals surface area (Å²) in [5.41, 5.74) is 8.87. The summed E-state index contributed by atoms with van der Waals surface area (Å²) >= 11 is 0. The molecule has 1 spiro atoms. The van der Waals surface area contributed by atoms with Crippen molar-refractivity contribution in [3.63, 3.8) is 0 Å². The van der Waals surface area contributed by atoms with Crippen molar-refractivity contribution >= 4 is 17.8 Å². The smallest absolute Gasteiger partial charge is 0.213 e. The summed E-state index contributed by atoms with van der Waals surface area (Å²) in [5, 5.41) is 0. The highest BCUT2D eigenvalue weighted by atomic mass is 16.5. The molecular formula is C35H35NO3. The molecule has 4 nitrogen and oxygen atoms in total. The van der Waals surface area contributed by atoms with Crippen LogP contribution in [0.1, 0.15) is 56.1 Å². The molecule has 39 heavy (non-hydrogen) atoms. The fourth-order valence-corrected chi connectivity index (χ4v) is 7.17. The first kappa shape index (κ1) is 24.1. The van der Waals surface area contributed by atoms with Gasteiger partial charge in [0, 0.05) is 11.6 Å². The predicted molar refractivity (Wildman–Crippen MR) is 157 cm³/mol. The van der Waals surface area contributed by atoms with Crippen LogP contribution in [-0.4, -0.2) is 19.9 Å². The Morgan fingerprint density at radius 2 is 1.49 bits per heavy atom. The number of hydrogen-bond acceptors (Lipinski definition) is 4. The average Bonchev–Trinajstić information content (AvgIpc) is 3.33. The molecule has 0 aromatic heterocycles. The second kappa shape index (κ2) is 9.68. The standard InChI is InChI=1S/C35H35NO3/c1-37-30-17-13-24(14-18-30)21-26-7-5-8-27-23-29-10-6-9-28(22-25-15-19-31(38-2)20-16-25)35(29)36(34(26)27)32-11-3-4-12-33(32)39-35/h3-4,11-22,29H,5-10,23H2,1-2H3/b26-21+,28-22-/t29-,35+/m1/s1. The molecule has 4 aliphatic rings. The first-order valence-corrected chi connectivity index (χ1v) is 14.2. The lowest BCUT2D eigenvalue weighted by atomic mass is 9.68. The quantitative estimate of drug-likeness (QED) is 0.348. The molecular weight excluding hydrogens is 482 g/mol. The Bertz CT molecular complexity index is 1480. The van der Waals surface area contributed by atoms with Gasteiger partial charge in [0.25, 0.3) is 0 Å². The topological polar surface area (TPSA) is 30.9 Å². The number of rotatable bonds is 4. The van der Waals surface area contributed by atoms with Crippen LogP contribution >= 0.6 is 0 Å². The van der Waals surface area contributed by atoms with E-state index in [2.05, 4.69) is 65.6 Å². The summed E-state index contributed by atoms with van der Waals surface area (Å²) in [6, 6.07) is 25.5. The van der Waals surface area contributed by atoms with E-state index >= 15 is 0 Å². The van der Waals surface area contributed by atoms with E-state index in [1.807, 2.05) is 24.3 Å². The lowest BCUT2D eigenvalue weighted by Crippen LogP contribution is -2.60. The third-order valence-electron chi connectivity index (χ3n) is 8.91. The predicted octanol–water partition coefficient (Wildman–Crippen LogP) is 8.41. The first-order chi connectivity index (χ1) is 19.2. The van der Waals surface area contributed by atoms with Crippen LogP contribution in [0.5, 0.6) is 17.2 Å². The van der Waals surface area contributed by atoms with Crippen molar-refractivity contribution < 1.29 is 14.2 Å². The molecule has 0 amide bonds. The fourth-order valence-electron chi connectivity index (χ4n) is 7.17. The minimum Gasteiger partial charge on any atom is -0.497 e. The van der Waals surface area contributed by atoms with E-state index in [1.165, 1.54) is 52.9 Å². The Morgan fingerprint density at radius 1 is 0.795 bits per heavy atom. The van der Waals surface area contributed by atoms with Gasteiger partial charge in [0.1, 0.15) is 17.2 Å². The highest BCUT2D eigenvalue weighted by Gasteiger charge is 2.59. The minimum atomic E-state index is -0.489. The van der Waals surface area contributed by atoms with Crippen molar-refractivity contribution in [1.82, 2.24) is 0 Å². The number of para-hydroxylation sites is 2. The second-order valence-corrected chi connectivity index (χ2v) is 11.1. The first-order valence-electron chi connectivity index (χ1n) is 14.2. The van der Waals surface area contributed by atoms with Gasteiger partial charge in [-0.15, -0.1) is 0 Å². The van der Waals surface area contributed by atoms with Gasteiger partial charge in [0.2, 0.25) is 5.72 Å².